The molecule has 1 aromatic rings. The smallest absolute Gasteiger partial charge is 0.306 e. The molecule has 6 heteroatoms. The summed E-state index contributed by atoms with van der Waals surface area (Å²) in [7, 11) is 1.54. The van der Waals surface area contributed by atoms with Crippen LogP contribution in [0.5, 0.6) is 5.88 Å². The van der Waals surface area contributed by atoms with Gasteiger partial charge in [0.1, 0.15) is 0 Å². The number of ether oxygens (including phenoxy) is 1. The van der Waals surface area contributed by atoms with E-state index in [1.165, 1.54) is 0 Å². The number of anilines is 1. The van der Waals surface area contributed by atoms with Gasteiger partial charge in [-0.25, -0.2) is 4.98 Å². The molecule has 0 aromatic carbocycles. The van der Waals surface area contributed by atoms with Gasteiger partial charge < -0.3 is 15.2 Å². The van der Waals surface area contributed by atoms with Gasteiger partial charge in [0, 0.05) is 18.3 Å². The van der Waals surface area contributed by atoms with Crippen molar-refractivity contribution in [3.8, 4) is 5.88 Å². The predicted molar refractivity (Wildman–Crippen MR) is 61.0 cm³/mol. The van der Waals surface area contributed by atoms with E-state index in [2.05, 4.69) is 15.3 Å². The van der Waals surface area contributed by atoms with Gasteiger partial charge in [-0.05, 0) is 19.3 Å². The number of nitrogens with zero attached hydrogens (tertiary/aromatic N) is 2. The molecule has 1 aliphatic carbocycles. The van der Waals surface area contributed by atoms with E-state index in [0.717, 1.165) is 6.42 Å². The molecule has 1 saturated carbocycles. The minimum atomic E-state index is -0.721. The highest BCUT2D eigenvalue weighted by Crippen LogP contribution is 2.27. The Bertz CT molecular complexity index is 411. The molecular weight excluding hydrogens is 222 g/mol. The fourth-order valence-electron chi connectivity index (χ4n) is 2.04. The number of aliphatic carboxylic acids is 1. The van der Waals surface area contributed by atoms with Crippen molar-refractivity contribution in [1.82, 2.24) is 9.97 Å². The molecule has 1 heterocycles. The summed E-state index contributed by atoms with van der Waals surface area (Å²) in [6.45, 7) is 0. The van der Waals surface area contributed by atoms with Crippen LogP contribution >= 0.6 is 0 Å². The summed E-state index contributed by atoms with van der Waals surface area (Å²) in [6.07, 6.45) is 3.77. The molecule has 0 unspecified atom stereocenters. The van der Waals surface area contributed by atoms with E-state index in [1.807, 2.05) is 0 Å². The van der Waals surface area contributed by atoms with Crippen molar-refractivity contribution in [1.29, 1.82) is 0 Å². The van der Waals surface area contributed by atoms with Gasteiger partial charge in [-0.3, -0.25) is 4.79 Å². The van der Waals surface area contributed by atoms with Crippen molar-refractivity contribution in [3.63, 3.8) is 0 Å². The Morgan fingerprint density at radius 3 is 3.06 bits per heavy atom. The molecule has 1 aliphatic rings. The van der Waals surface area contributed by atoms with Gasteiger partial charge in [0.05, 0.1) is 13.0 Å². The average Bonchev–Trinajstić information content (AvgIpc) is 2.78. The number of rotatable bonds is 4. The number of methoxy groups -OCH3 is 1. The van der Waals surface area contributed by atoms with Crippen molar-refractivity contribution in [2.45, 2.75) is 25.3 Å². The lowest BCUT2D eigenvalue weighted by molar-refractivity contribution is -0.141. The number of carboxylic acid groups (broad SMARTS) is 1. The van der Waals surface area contributed by atoms with E-state index < -0.39 is 5.97 Å². The van der Waals surface area contributed by atoms with Gasteiger partial charge >= 0.3 is 5.97 Å². The molecule has 0 aliphatic heterocycles. The molecule has 1 fully saturated rings. The van der Waals surface area contributed by atoms with E-state index in [4.69, 9.17) is 9.84 Å². The van der Waals surface area contributed by atoms with Gasteiger partial charge in [0.15, 0.2) is 0 Å². The van der Waals surface area contributed by atoms with E-state index in [-0.39, 0.29) is 12.0 Å². The Morgan fingerprint density at radius 1 is 1.59 bits per heavy atom. The molecule has 1 aromatic heterocycles. The van der Waals surface area contributed by atoms with E-state index >= 15 is 0 Å². The largest absolute Gasteiger partial charge is 0.481 e. The summed E-state index contributed by atoms with van der Waals surface area (Å²) in [5.41, 5.74) is 0. The molecule has 2 atom stereocenters. The molecule has 0 amide bonds. The second kappa shape index (κ2) is 4.99. The maximum Gasteiger partial charge on any atom is 0.306 e. The predicted octanol–water partition coefficient (Wildman–Crippen LogP) is 1.15. The van der Waals surface area contributed by atoms with E-state index in [9.17, 15) is 4.79 Å². The van der Waals surface area contributed by atoms with Crippen LogP contribution in [0.4, 0.5) is 5.95 Å². The van der Waals surface area contributed by atoms with Crippen LogP contribution < -0.4 is 10.1 Å². The fraction of sp³-hybridized carbons (Fsp3) is 0.545. The molecule has 0 spiro atoms. The van der Waals surface area contributed by atoms with Gasteiger partial charge in [0.2, 0.25) is 11.8 Å². The summed E-state index contributed by atoms with van der Waals surface area (Å²) < 4.78 is 4.99. The van der Waals surface area contributed by atoms with Crippen molar-refractivity contribution in [3.05, 3.63) is 12.3 Å². The Morgan fingerprint density at radius 2 is 2.41 bits per heavy atom. The first-order valence-electron chi connectivity index (χ1n) is 5.55. The first-order chi connectivity index (χ1) is 8.19. The number of hydrogen-bond donors (Lipinski definition) is 2. The third kappa shape index (κ3) is 2.83. The fourth-order valence-corrected chi connectivity index (χ4v) is 2.04. The molecule has 2 N–H and O–H groups in total. The Labute approximate surface area is 99.0 Å². The van der Waals surface area contributed by atoms with Crippen LogP contribution in [0.15, 0.2) is 12.3 Å². The van der Waals surface area contributed by atoms with Crippen molar-refractivity contribution >= 4 is 11.9 Å². The average molecular weight is 237 g/mol. The van der Waals surface area contributed by atoms with Crippen LogP contribution in [0, 0.1) is 5.92 Å². The first kappa shape index (κ1) is 11.6. The number of hydrogen-bond acceptors (Lipinski definition) is 5. The highest BCUT2D eigenvalue weighted by Gasteiger charge is 2.29. The lowest BCUT2D eigenvalue weighted by Crippen LogP contribution is -2.19. The van der Waals surface area contributed by atoms with Crippen LogP contribution in [0.1, 0.15) is 19.3 Å². The zero-order valence-corrected chi connectivity index (χ0v) is 9.59. The second-order valence-corrected chi connectivity index (χ2v) is 4.11. The third-order valence-corrected chi connectivity index (χ3v) is 2.95. The summed E-state index contributed by atoms with van der Waals surface area (Å²) in [6, 6.07) is 1.79. The standard InChI is InChI=1S/C11H15N3O3/c1-17-9-4-5-12-11(14-9)13-8-3-2-7(6-8)10(15)16/h4-5,7-8H,2-3,6H2,1H3,(H,15,16)(H,12,13,14)/t7-,8+/m1/s1. The quantitative estimate of drug-likeness (QED) is 0.817. The first-order valence-corrected chi connectivity index (χ1v) is 5.55. The van der Waals surface area contributed by atoms with Gasteiger partial charge in [-0.15, -0.1) is 0 Å². The summed E-state index contributed by atoms with van der Waals surface area (Å²) in [5.74, 6) is 0.00892. The van der Waals surface area contributed by atoms with Crippen LogP contribution in [-0.4, -0.2) is 34.2 Å². The molecule has 0 radical (unpaired) electrons. The lowest BCUT2D eigenvalue weighted by Gasteiger charge is -2.12. The summed E-state index contributed by atoms with van der Waals surface area (Å²) >= 11 is 0. The molecule has 6 nitrogen and oxygen atoms in total. The topological polar surface area (TPSA) is 84.3 Å². The number of carbonyl (C=O) groups is 1. The van der Waals surface area contributed by atoms with Crippen molar-refractivity contribution < 1.29 is 14.6 Å². The Hall–Kier alpha value is -1.85. The van der Waals surface area contributed by atoms with Gasteiger partial charge in [-0.1, -0.05) is 0 Å². The van der Waals surface area contributed by atoms with Crippen molar-refractivity contribution in [2.24, 2.45) is 5.92 Å². The van der Waals surface area contributed by atoms with Gasteiger partial charge in [0.25, 0.3) is 0 Å². The Balaban J connectivity index is 1.95. The van der Waals surface area contributed by atoms with E-state index in [1.54, 1.807) is 19.4 Å². The normalized spacial score (nSPS) is 23.4. The zero-order chi connectivity index (χ0) is 12.3. The van der Waals surface area contributed by atoms with E-state index in [0.29, 0.717) is 24.7 Å². The number of nitrogens with one attached hydrogen (secondary N) is 1. The maximum atomic E-state index is 10.8. The van der Waals surface area contributed by atoms with Crippen LogP contribution in [0.25, 0.3) is 0 Å². The highest BCUT2D eigenvalue weighted by atomic mass is 16.5. The summed E-state index contributed by atoms with van der Waals surface area (Å²) in [5, 5.41) is 12.0. The highest BCUT2D eigenvalue weighted by molar-refractivity contribution is 5.70. The number of aromatic nitrogens is 2. The van der Waals surface area contributed by atoms with Crippen LogP contribution in [0.2, 0.25) is 0 Å². The molecule has 0 bridgehead atoms. The van der Waals surface area contributed by atoms with Crippen LogP contribution in [0.3, 0.4) is 0 Å². The van der Waals surface area contributed by atoms with Gasteiger partial charge in [-0.2, -0.15) is 4.98 Å². The monoisotopic (exact) mass is 237 g/mol. The minimum absolute atomic E-state index is 0.128. The van der Waals surface area contributed by atoms with Crippen LogP contribution in [-0.2, 0) is 4.79 Å². The molecule has 17 heavy (non-hydrogen) atoms. The second-order valence-electron chi connectivity index (χ2n) is 4.11. The number of carboxylic acids is 1. The third-order valence-electron chi connectivity index (χ3n) is 2.95. The molecule has 2 rings (SSSR count). The van der Waals surface area contributed by atoms with Crippen molar-refractivity contribution in [2.75, 3.05) is 12.4 Å². The molecule has 0 saturated heterocycles. The molecular formula is C11H15N3O3. The maximum absolute atomic E-state index is 10.8. The zero-order valence-electron chi connectivity index (χ0n) is 9.59. The minimum Gasteiger partial charge on any atom is -0.481 e. The Kier molecular flexibility index (Phi) is 3.41. The summed E-state index contributed by atoms with van der Waals surface area (Å²) in [4.78, 5) is 19.0. The molecule has 92 valence electrons. The SMILES string of the molecule is COc1ccnc(N[C@H]2CC[C@@H](C(=O)O)C2)n1. The lowest BCUT2D eigenvalue weighted by atomic mass is 10.1.